The van der Waals surface area contributed by atoms with Crippen molar-refractivity contribution >= 4 is 23.3 Å². The highest BCUT2D eigenvalue weighted by Crippen LogP contribution is 2.58. The molecule has 2 aliphatic rings. The zero-order valence-electron chi connectivity index (χ0n) is 14.5. The minimum absolute atomic E-state index is 0.145. The Labute approximate surface area is 155 Å². The van der Waals surface area contributed by atoms with Gasteiger partial charge in [-0.2, -0.15) is 0 Å². The highest BCUT2D eigenvalue weighted by atomic mass is 19.1. The Morgan fingerprint density at radius 2 is 1.63 bits per heavy atom. The van der Waals surface area contributed by atoms with Gasteiger partial charge < -0.3 is 15.5 Å². The Balaban J connectivity index is 1.34. The lowest BCUT2D eigenvalue weighted by Crippen LogP contribution is -2.33. The number of halogens is 2. The van der Waals surface area contributed by atoms with Crippen molar-refractivity contribution in [1.29, 1.82) is 0 Å². The molecule has 2 atom stereocenters. The predicted octanol–water partition coefficient (Wildman–Crippen LogP) is 3.85. The van der Waals surface area contributed by atoms with Crippen LogP contribution in [0.2, 0.25) is 0 Å². The van der Waals surface area contributed by atoms with Crippen LogP contribution in [0.3, 0.4) is 0 Å². The van der Waals surface area contributed by atoms with Gasteiger partial charge in [0.2, 0.25) is 5.91 Å². The quantitative estimate of drug-likeness (QED) is 0.861. The van der Waals surface area contributed by atoms with Gasteiger partial charge in [0.05, 0.1) is 0 Å². The molecule has 1 aliphatic heterocycles. The molecule has 2 aromatic carbocycles. The summed E-state index contributed by atoms with van der Waals surface area (Å²) in [5.41, 5.74) is 0.620. The van der Waals surface area contributed by atoms with Crippen LogP contribution in [-0.2, 0) is 4.79 Å². The molecule has 1 heterocycles. The van der Waals surface area contributed by atoms with Gasteiger partial charge in [-0.3, -0.25) is 4.79 Å². The molecule has 1 saturated heterocycles. The van der Waals surface area contributed by atoms with Gasteiger partial charge in [-0.05, 0) is 49.2 Å². The first-order valence-corrected chi connectivity index (χ1v) is 8.83. The first-order chi connectivity index (χ1) is 12.9. The van der Waals surface area contributed by atoms with Crippen molar-refractivity contribution in [3.05, 3.63) is 60.2 Å². The van der Waals surface area contributed by atoms with Crippen molar-refractivity contribution < 1.29 is 18.4 Å². The second-order valence-electron chi connectivity index (χ2n) is 7.23. The van der Waals surface area contributed by atoms with Gasteiger partial charge in [0, 0.05) is 35.8 Å². The van der Waals surface area contributed by atoms with E-state index in [9.17, 15) is 18.4 Å². The summed E-state index contributed by atoms with van der Waals surface area (Å²) in [7, 11) is 0. The maximum absolute atomic E-state index is 13.2. The summed E-state index contributed by atoms with van der Waals surface area (Å²) in [4.78, 5) is 26.5. The monoisotopic (exact) mass is 371 g/mol. The van der Waals surface area contributed by atoms with E-state index in [4.69, 9.17) is 0 Å². The number of anilines is 2. The zero-order valence-corrected chi connectivity index (χ0v) is 14.5. The Kier molecular flexibility index (Phi) is 4.30. The predicted molar refractivity (Wildman–Crippen MR) is 97.2 cm³/mol. The fourth-order valence-electron chi connectivity index (χ4n) is 3.80. The largest absolute Gasteiger partial charge is 0.326 e. The number of benzene rings is 2. The van der Waals surface area contributed by atoms with E-state index in [0.29, 0.717) is 30.9 Å². The summed E-state index contributed by atoms with van der Waals surface area (Å²) in [6, 6.07) is 11.2. The van der Waals surface area contributed by atoms with Crippen molar-refractivity contribution in [1.82, 2.24) is 4.90 Å². The first-order valence-electron chi connectivity index (χ1n) is 8.83. The third kappa shape index (κ3) is 3.63. The average Bonchev–Trinajstić information content (AvgIpc) is 3.15. The summed E-state index contributed by atoms with van der Waals surface area (Å²) in [5.74, 6) is -1.15. The van der Waals surface area contributed by atoms with Crippen molar-refractivity contribution in [2.75, 3.05) is 23.7 Å². The maximum atomic E-state index is 13.2. The van der Waals surface area contributed by atoms with Crippen molar-refractivity contribution in [2.24, 2.45) is 11.3 Å². The van der Waals surface area contributed by atoms with E-state index in [-0.39, 0.29) is 23.3 Å². The molecule has 27 heavy (non-hydrogen) atoms. The number of carbonyl (C=O) groups excluding carboxylic acids is 2. The second kappa shape index (κ2) is 6.64. The molecule has 5 nitrogen and oxygen atoms in total. The molecule has 4 rings (SSSR count). The van der Waals surface area contributed by atoms with Crippen LogP contribution in [0.1, 0.15) is 12.8 Å². The average molecular weight is 371 g/mol. The van der Waals surface area contributed by atoms with Crippen LogP contribution in [0.25, 0.3) is 0 Å². The number of hydrogen-bond acceptors (Lipinski definition) is 2. The van der Waals surface area contributed by atoms with Gasteiger partial charge in [-0.15, -0.1) is 0 Å². The van der Waals surface area contributed by atoms with Crippen LogP contribution in [0.15, 0.2) is 48.5 Å². The lowest BCUT2D eigenvalue weighted by atomic mass is 10.0. The maximum Gasteiger partial charge on any atom is 0.321 e. The molecule has 1 spiro atoms. The minimum Gasteiger partial charge on any atom is -0.326 e. The van der Waals surface area contributed by atoms with Crippen LogP contribution in [0.5, 0.6) is 0 Å². The molecular weight excluding hydrogens is 352 g/mol. The molecule has 0 bridgehead atoms. The molecule has 0 radical (unpaired) electrons. The number of likely N-dealkylation sites (tertiary alicyclic amines) is 1. The third-order valence-electron chi connectivity index (χ3n) is 5.35. The number of nitrogens with zero attached hydrogens (tertiary/aromatic N) is 1. The number of amides is 3. The Bertz CT molecular complexity index is 845. The minimum atomic E-state index is -0.415. The van der Waals surface area contributed by atoms with E-state index in [2.05, 4.69) is 10.6 Å². The van der Waals surface area contributed by atoms with Gasteiger partial charge in [-0.1, -0.05) is 12.1 Å². The first kappa shape index (κ1) is 17.5. The molecule has 1 saturated carbocycles. The van der Waals surface area contributed by atoms with E-state index in [1.165, 1.54) is 30.3 Å². The van der Waals surface area contributed by atoms with Gasteiger partial charge >= 0.3 is 6.03 Å². The molecule has 2 unspecified atom stereocenters. The van der Waals surface area contributed by atoms with E-state index >= 15 is 0 Å². The molecule has 3 amide bonds. The fourth-order valence-corrected chi connectivity index (χ4v) is 3.80. The topological polar surface area (TPSA) is 61.4 Å². The van der Waals surface area contributed by atoms with Gasteiger partial charge in [-0.25, -0.2) is 13.6 Å². The van der Waals surface area contributed by atoms with Crippen LogP contribution in [0, 0.1) is 23.0 Å². The van der Waals surface area contributed by atoms with Crippen LogP contribution >= 0.6 is 0 Å². The third-order valence-corrected chi connectivity index (χ3v) is 5.35. The van der Waals surface area contributed by atoms with Gasteiger partial charge in [0.1, 0.15) is 11.6 Å². The highest BCUT2D eigenvalue weighted by molar-refractivity contribution is 5.95. The number of rotatable bonds is 3. The van der Waals surface area contributed by atoms with E-state index in [0.717, 1.165) is 6.42 Å². The summed E-state index contributed by atoms with van der Waals surface area (Å²) in [6.07, 6.45) is 1.45. The van der Waals surface area contributed by atoms with E-state index < -0.39 is 11.6 Å². The number of hydrogen-bond donors (Lipinski definition) is 2. The smallest absolute Gasteiger partial charge is 0.321 e. The number of urea groups is 1. The van der Waals surface area contributed by atoms with Crippen molar-refractivity contribution in [2.45, 2.75) is 12.8 Å². The summed E-state index contributed by atoms with van der Waals surface area (Å²) < 4.78 is 26.5. The lowest BCUT2D eigenvalue weighted by molar-refractivity contribution is -0.118. The summed E-state index contributed by atoms with van der Waals surface area (Å²) in [5, 5.41) is 5.43. The van der Waals surface area contributed by atoms with Crippen LogP contribution in [-0.4, -0.2) is 29.9 Å². The zero-order chi connectivity index (χ0) is 19.0. The molecule has 0 aromatic heterocycles. The Morgan fingerprint density at radius 3 is 2.26 bits per heavy atom. The number of carbonyl (C=O) groups is 2. The summed E-state index contributed by atoms with van der Waals surface area (Å²) >= 11 is 0. The highest BCUT2D eigenvalue weighted by Gasteiger charge is 2.61. The van der Waals surface area contributed by atoms with Crippen LogP contribution in [0.4, 0.5) is 25.0 Å². The molecule has 2 N–H and O–H groups in total. The lowest BCUT2D eigenvalue weighted by Gasteiger charge is -2.17. The van der Waals surface area contributed by atoms with E-state index in [1.54, 1.807) is 23.1 Å². The standard InChI is InChI=1S/C20H19F2N3O2/c21-13-3-1-5-15(9-13)23-18(26)17-11-20(17)7-8-25(12-20)19(27)24-16-6-2-4-14(22)10-16/h1-6,9-10,17H,7-8,11-12H2,(H,23,26)(H,24,27). The fraction of sp³-hybridized carbons (Fsp3) is 0.300. The van der Waals surface area contributed by atoms with Gasteiger partial charge in [0.15, 0.2) is 0 Å². The Hall–Kier alpha value is -2.96. The molecule has 2 fully saturated rings. The molecule has 1 aliphatic carbocycles. The van der Waals surface area contributed by atoms with Gasteiger partial charge in [0.25, 0.3) is 0 Å². The van der Waals surface area contributed by atoms with Crippen LogP contribution < -0.4 is 10.6 Å². The molecule has 140 valence electrons. The molecule has 2 aromatic rings. The van der Waals surface area contributed by atoms with E-state index in [1.807, 2.05) is 0 Å². The van der Waals surface area contributed by atoms with Crippen molar-refractivity contribution in [3.8, 4) is 0 Å². The second-order valence-corrected chi connectivity index (χ2v) is 7.23. The van der Waals surface area contributed by atoms with Crippen molar-refractivity contribution in [3.63, 3.8) is 0 Å². The molecule has 7 heteroatoms. The normalized spacial score (nSPS) is 23.3. The SMILES string of the molecule is O=C(Nc1cccc(F)c1)C1CC12CCN(C(=O)Nc1cccc(F)c1)C2. The number of nitrogens with one attached hydrogen (secondary N) is 2. The molecular formula is C20H19F2N3O2. The summed E-state index contributed by atoms with van der Waals surface area (Å²) in [6.45, 7) is 1.03. The Morgan fingerprint density at radius 1 is 1.00 bits per heavy atom.